The number of benzene rings is 2. The molecule has 1 amide bonds. The highest BCUT2D eigenvalue weighted by Gasteiger charge is 2.30. The number of sulfonamides is 1. The molecule has 26 heteroatoms. The molecule has 2 aliphatic rings. The van der Waals surface area contributed by atoms with E-state index in [4.69, 9.17) is 23.8 Å². The number of ether oxygens (including phenoxy) is 2. The zero-order chi connectivity index (χ0) is 52.4. The summed E-state index contributed by atoms with van der Waals surface area (Å²) in [7, 11) is -0.791. The fourth-order valence-electron chi connectivity index (χ4n) is 8.42. The molecule has 0 radical (unpaired) electrons. The number of aryl methyl sites for hydroxylation is 2. The van der Waals surface area contributed by atoms with Crippen LogP contribution in [-0.2, 0) is 28.9 Å². The second-order valence-corrected chi connectivity index (χ2v) is 20.0. The molecule has 0 unspecified atom stereocenters. The Kier molecular flexibility index (Phi) is 14.5. The lowest BCUT2D eigenvalue weighted by molar-refractivity contribution is -0.119. The molecule has 2 fully saturated rings. The number of rotatable bonds is 13. The van der Waals surface area contributed by atoms with Crippen molar-refractivity contribution in [3.05, 3.63) is 77.9 Å². The summed E-state index contributed by atoms with van der Waals surface area (Å²) in [6.07, 6.45) is 5.36. The van der Waals surface area contributed by atoms with Crippen LogP contribution in [0, 0.1) is 23.0 Å². The Morgan fingerprint density at radius 2 is 1.20 bits per heavy atom. The average Bonchev–Trinajstić information content (AvgIpc) is 4.22. The first-order valence-electron chi connectivity index (χ1n) is 23.9. The summed E-state index contributed by atoms with van der Waals surface area (Å²) in [5, 5.41) is 26.0. The first-order valence-corrected chi connectivity index (χ1v) is 25.4. The van der Waals surface area contributed by atoms with Crippen LogP contribution in [0.1, 0.15) is 95.8 Å². The molecular weight excluding hydrogens is 983 g/mol. The molecule has 8 heterocycles. The van der Waals surface area contributed by atoms with Crippen LogP contribution in [-0.4, -0.2) is 112 Å². The summed E-state index contributed by atoms with van der Waals surface area (Å²) in [6.45, 7) is 12.3. The number of halogens is 2. The molecular formula is C48H52F2N16O7S. The lowest BCUT2D eigenvalue weighted by Gasteiger charge is -2.30. The lowest BCUT2D eigenvalue weighted by atomic mass is 10.1. The molecule has 74 heavy (non-hydrogen) atoms. The monoisotopic (exact) mass is 1030 g/mol. The van der Waals surface area contributed by atoms with Gasteiger partial charge in [-0.1, -0.05) is 44.9 Å². The van der Waals surface area contributed by atoms with Crippen molar-refractivity contribution < 1.29 is 40.5 Å². The zero-order valence-corrected chi connectivity index (χ0v) is 42.3. The van der Waals surface area contributed by atoms with Crippen molar-refractivity contribution in [1.82, 2.24) is 64.5 Å². The molecule has 1 N–H and O–H groups in total. The van der Waals surface area contributed by atoms with Gasteiger partial charge in [0, 0.05) is 95.3 Å². The van der Waals surface area contributed by atoms with Crippen molar-refractivity contribution in [2.45, 2.75) is 95.7 Å². The second kappa shape index (κ2) is 21.1. The Labute approximate surface area is 423 Å². The van der Waals surface area contributed by atoms with Crippen LogP contribution in [0.15, 0.2) is 63.0 Å². The third-order valence-corrected chi connectivity index (χ3v) is 13.8. The van der Waals surface area contributed by atoms with E-state index in [0.717, 1.165) is 18.9 Å². The van der Waals surface area contributed by atoms with E-state index in [1.165, 1.54) is 48.5 Å². The largest absolute Gasteiger partial charge is 0.473 e. The van der Waals surface area contributed by atoms with Crippen LogP contribution in [0.2, 0.25) is 0 Å². The van der Waals surface area contributed by atoms with Gasteiger partial charge in [0.2, 0.25) is 17.7 Å². The molecule has 0 saturated carbocycles. The van der Waals surface area contributed by atoms with Crippen LogP contribution < -0.4 is 24.0 Å². The molecule has 0 aliphatic carbocycles. The second-order valence-electron chi connectivity index (χ2n) is 18.3. The lowest BCUT2D eigenvalue weighted by Crippen LogP contribution is -2.38. The quantitative estimate of drug-likeness (QED) is 0.128. The summed E-state index contributed by atoms with van der Waals surface area (Å²) < 4.78 is 83.0. The standard InChI is InChI=1S/C25H29FN8O5S.C23H23FN8O2/c1-5-19(35)32-40(36,37)16-6-7-17(18(26)12-16)20-21-22(33(4)30-20)24(28-13-27-21)38-15-8-10-34(11-9-15)25-29-23(14(2)3)31-39-25;1-13(2)21-28-23(34-30-21)32-8-6-15(7-9-32)33-22-20-19(26-12-27-22)18(29-31(20)3)16-5-4-14(11-25)10-17(16)24/h6-7,12-15H,5,8-11H2,1-4H3,(H,32,35);4-5,10,12-13,15H,6-9H2,1-3H3. The molecule has 8 aromatic rings. The minimum atomic E-state index is -4.21. The predicted octanol–water partition coefficient (Wildman–Crippen LogP) is 6.53. The maximum absolute atomic E-state index is 15.2. The number of nitrogens with zero attached hydrogens (tertiary/aromatic N) is 15. The number of piperidine rings is 2. The number of fused-ring (bicyclic) bond motifs is 2. The van der Waals surface area contributed by atoms with Crippen LogP contribution >= 0.6 is 0 Å². The number of aromatic nitrogens is 12. The summed E-state index contributed by atoms with van der Waals surface area (Å²) in [6, 6.07) is 10.6. The molecule has 2 aliphatic heterocycles. The van der Waals surface area contributed by atoms with Gasteiger partial charge in [-0.05, 0) is 36.4 Å². The van der Waals surface area contributed by atoms with Crippen molar-refractivity contribution in [2.75, 3.05) is 36.0 Å². The molecule has 6 aromatic heterocycles. The molecule has 0 atom stereocenters. The Morgan fingerprint density at radius 1 is 0.743 bits per heavy atom. The van der Waals surface area contributed by atoms with E-state index in [-0.39, 0.29) is 57.7 Å². The van der Waals surface area contributed by atoms with Crippen LogP contribution in [0.3, 0.4) is 0 Å². The Hall–Kier alpha value is -8.21. The van der Waals surface area contributed by atoms with Crippen molar-refractivity contribution in [1.29, 1.82) is 5.26 Å². The maximum atomic E-state index is 15.2. The Balaban J connectivity index is 0.000000184. The minimum absolute atomic E-state index is 0.0270. The number of hydrogen-bond acceptors (Lipinski definition) is 20. The van der Waals surface area contributed by atoms with Gasteiger partial charge in [0.25, 0.3) is 10.0 Å². The SMILES string of the molecule is CC(C)c1noc(N2CCC(Oc3ncnc4c(-c5ccc(C#N)cc5F)nn(C)c34)CC2)n1.CCC(=O)NS(=O)(=O)c1ccc(-c2nn(C)c3c(OC4CCN(c5nc(C(C)C)no5)CC4)ncnc23)c(F)c1. The van der Waals surface area contributed by atoms with Gasteiger partial charge in [0.15, 0.2) is 11.6 Å². The topological polar surface area (TPSA) is 277 Å². The molecule has 0 spiro atoms. The fraction of sp³-hybridized carbons (Fsp3) is 0.417. The van der Waals surface area contributed by atoms with Gasteiger partial charge in [0.05, 0.1) is 16.5 Å². The Bertz CT molecular complexity index is 3500. The van der Waals surface area contributed by atoms with Gasteiger partial charge in [-0.2, -0.15) is 35.4 Å². The molecule has 0 bridgehead atoms. The molecule has 2 aromatic carbocycles. The highest BCUT2D eigenvalue weighted by Crippen LogP contribution is 2.36. The average molecular weight is 1040 g/mol. The smallest absolute Gasteiger partial charge is 0.324 e. The first-order chi connectivity index (χ1) is 35.5. The maximum Gasteiger partial charge on any atom is 0.324 e. The number of carbonyl (C=O) groups excluding carboxylic acids is 1. The number of anilines is 2. The molecule has 10 rings (SSSR count). The van der Waals surface area contributed by atoms with E-state index in [2.05, 4.69) is 55.3 Å². The summed E-state index contributed by atoms with van der Waals surface area (Å²) in [4.78, 5) is 41.5. The number of amides is 1. The van der Waals surface area contributed by atoms with E-state index in [1.54, 1.807) is 24.8 Å². The molecule has 386 valence electrons. The van der Waals surface area contributed by atoms with Gasteiger partial charge in [0.1, 0.15) is 70.0 Å². The third-order valence-electron chi connectivity index (χ3n) is 12.5. The van der Waals surface area contributed by atoms with Crippen molar-refractivity contribution in [3.8, 4) is 40.3 Å². The van der Waals surface area contributed by atoms with Crippen LogP contribution in [0.25, 0.3) is 44.6 Å². The predicted molar refractivity (Wildman–Crippen MR) is 262 cm³/mol. The minimum Gasteiger partial charge on any atom is -0.473 e. The van der Waals surface area contributed by atoms with Gasteiger partial charge < -0.3 is 28.3 Å². The normalized spacial score (nSPS) is 14.7. The molecule has 23 nitrogen and oxygen atoms in total. The van der Waals surface area contributed by atoms with E-state index in [9.17, 15) is 17.6 Å². The van der Waals surface area contributed by atoms with E-state index >= 15 is 4.39 Å². The number of hydrogen-bond donors (Lipinski definition) is 1. The highest BCUT2D eigenvalue weighted by molar-refractivity contribution is 7.90. The van der Waals surface area contributed by atoms with Gasteiger partial charge >= 0.3 is 12.0 Å². The summed E-state index contributed by atoms with van der Waals surface area (Å²) in [5.74, 6) is 0.406. The summed E-state index contributed by atoms with van der Waals surface area (Å²) >= 11 is 0. The Morgan fingerprint density at radius 3 is 1.61 bits per heavy atom. The van der Waals surface area contributed by atoms with Crippen LogP contribution in [0.4, 0.5) is 20.8 Å². The van der Waals surface area contributed by atoms with Crippen molar-refractivity contribution >= 4 is 50.0 Å². The van der Waals surface area contributed by atoms with Crippen LogP contribution in [0.5, 0.6) is 11.8 Å². The van der Waals surface area contributed by atoms with Crippen molar-refractivity contribution in [3.63, 3.8) is 0 Å². The number of carbonyl (C=O) groups is 1. The highest BCUT2D eigenvalue weighted by atomic mass is 32.2. The van der Waals surface area contributed by atoms with E-state index < -0.39 is 27.6 Å². The van der Waals surface area contributed by atoms with Crippen molar-refractivity contribution in [2.24, 2.45) is 14.1 Å². The number of nitrogens with one attached hydrogen (secondary N) is 1. The fourth-order valence-corrected chi connectivity index (χ4v) is 9.49. The van der Waals surface area contributed by atoms with Gasteiger partial charge in [-0.15, -0.1) is 0 Å². The first kappa shape index (κ1) is 50.7. The third kappa shape index (κ3) is 10.5. The molecule has 2 saturated heterocycles. The number of nitriles is 1. The van der Waals surface area contributed by atoms with Gasteiger partial charge in [-0.25, -0.2) is 31.9 Å². The van der Waals surface area contributed by atoms with Gasteiger partial charge in [-0.3, -0.25) is 14.2 Å². The van der Waals surface area contributed by atoms with E-state index in [1.807, 2.05) is 43.4 Å². The van der Waals surface area contributed by atoms with E-state index in [0.29, 0.717) is 102 Å². The zero-order valence-electron chi connectivity index (χ0n) is 41.5. The summed E-state index contributed by atoms with van der Waals surface area (Å²) in [5.41, 5.74) is 3.04.